The molecule has 0 saturated heterocycles. The van der Waals surface area contributed by atoms with E-state index in [0.717, 1.165) is 22.4 Å². The summed E-state index contributed by atoms with van der Waals surface area (Å²) in [6.45, 7) is 4.90. The summed E-state index contributed by atoms with van der Waals surface area (Å²) >= 11 is 3.58. The summed E-state index contributed by atoms with van der Waals surface area (Å²) in [6.07, 6.45) is 1.81. The van der Waals surface area contributed by atoms with Gasteiger partial charge in [0.25, 0.3) is 0 Å². The maximum absolute atomic E-state index is 4.25. The van der Waals surface area contributed by atoms with Gasteiger partial charge in [-0.1, -0.05) is 28.1 Å². The topological polar surface area (TPSA) is 24.9 Å². The predicted octanol–water partition coefficient (Wildman–Crippen LogP) is 4.07. The molecule has 0 saturated carbocycles. The van der Waals surface area contributed by atoms with Crippen LogP contribution in [0.25, 0.3) is 0 Å². The minimum Gasteiger partial charge on any atom is -0.379 e. The van der Waals surface area contributed by atoms with Crippen LogP contribution in [0.4, 0.5) is 5.69 Å². The summed E-state index contributed by atoms with van der Waals surface area (Å²) in [4.78, 5) is 4.25. The van der Waals surface area contributed by atoms with Crippen LogP contribution in [0.15, 0.2) is 41.0 Å². The first-order valence-electron chi connectivity index (χ1n) is 5.57. The average Bonchev–Trinajstić information content (AvgIpc) is 2.30. The van der Waals surface area contributed by atoms with Gasteiger partial charge >= 0.3 is 0 Å². The number of hydrogen-bond donors (Lipinski definition) is 1. The lowest BCUT2D eigenvalue weighted by atomic mass is 10.1. The van der Waals surface area contributed by atoms with Crippen molar-refractivity contribution in [1.82, 2.24) is 4.98 Å². The minimum atomic E-state index is 0.799. The van der Waals surface area contributed by atoms with Crippen molar-refractivity contribution in [1.29, 1.82) is 0 Å². The number of rotatable bonds is 3. The van der Waals surface area contributed by atoms with Crippen molar-refractivity contribution >= 4 is 21.6 Å². The van der Waals surface area contributed by atoms with Gasteiger partial charge in [-0.25, -0.2) is 0 Å². The van der Waals surface area contributed by atoms with Crippen LogP contribution in [0, 0.1) is 13.8 Å². The van der Waals surface area contributed by atoms with E-state index in [-0.39, 0.29) is 0 Å². The fourth-order valence-electron chi connectivity index (χ4n) is 1.66. The Bertz CT molecular complexity index is 523. The summed E-state index contributed by atoms with van der Waals surface area (Å²) in [6, 6.07) is 10.4. The van der Waals surface area contributed by atoms with Gasteiger partial charge in [0, 0.05) is 17.2 Å². The highest BCUT2D eigenvalue weighted by Gasteiger charge is 2.01. The van der Waals surface area contributed by atoms with E-state index in [4.69, 9.17) is 0 Å². The van der Waals surface area contributed by atoms with Crippen LogP contribution in [-0.2, 0) is 6.54 Å². The number of halogens is 1. The van der Waals surface area contributed by atoms with Crippen molar-refractivity contribution in [2.45, 2.75) is 20.4 Å². The summed E-state index contributed by atoms with van der Waals surface area (Å²) in [5, 5.41) is 3.40. The lowest BCUT2D eigenvalue weighted by Crippen LogP contribution is -2.02. The van der Waals surface area contributed by atoms with Crippen LogP contribution in [0.5, 0.6) is 0 Å². The molecule has 0 aliphatic carbocycles. The Morgan fingerprint density at radius 1 is 1.24 bits per heavy atom. The number of nitrogens with one attached hydrogen (secondary N) is 1. The molecule has 0 atom stereocenters. The number of nitrogens with zero attached hydrogens (tertiary/aromatic N) is 1. The van der Waals surface area contributed by atoms with Crippen molar-refractivity contribution in [2.75, 3.05) is 5.32 Å². The molecule has 0 radical (unpaired) electrons. The Morgan fingerprint density at radius 2 is 2.06 bits per heavy atom. The van der Waals surface area contributed by atoms with Gasteiger partial charge in [-0.05, 0) is 43.2 Å². The molecule has 0 unspecified atom stereocenters. The van der Waals surface area contributed by atoms with Crippen LogP contribution >= 0.6 is 15.9 Å². The summed E-state index contributed by atoms with van der Waals surface area (Å²) in [5.41, 5.74) is 4.62. The summed E-state index contributed by atoms with van der Waals surface area (Å²) in [5.74, 6) is 0. The molecule has 1 N–H and O–H groups in total. The van der Waals surface area contributed by atoms with Gasteiger partial charge in [0.05, 0.1) is 11.4 Å². The molecule has 0 bridgehead atoms. The van der Waals surface area contributed by atoms with Crippen LogP contribution in [-0.4, -0.2) is 4.98 Å². The average molecular weight is 291 g/mol. The molecule has 2 aromatic rings. The van der Waals surface area contributed by atoms with E-state index in [1.54, 1.807) is 0 Å². The highest BCUT2D eigenvalue weighted by Crippen LogP contribution is 2.20. The quantitative estimate of drug-likeness (QED) is 0.922. The minimum absolute atomic E-state index is 0.799. The van der Waals surface area contributed by atoms with Crippen LogP contribution in [0.1, 0.15) is 16.8 Å². The number of aryl methyl sites for hydroxylation is 2. The second-order valence-electron chi connectivity index (χ2n) is 4.08. The van der Waals surface area contributed by atoms with Crippen LogP contribution < -0.4 is 5.32 Å². The van der Waals surface area contributed by atoms with E-state index in [0.29, 0.717) is 0 Å². The third-order valence-electron chi connectivity index (χ3n) is 2.68. The molecule has 0 aliphatic heterocycles. The number of pyridine rings is 1. The zero-order chi connectivity index (χ0) is 12.3. The van der Waals surface area contributed by atoms with E-state index in [1.165, 1.54) is 11.1 Å². The van der Waals surface area contributed by atoms with Crippen LogP contribution in [0.2, 0.25) is 0 Å². The monoisotopic (exact) mass is 290 g/mol. The van der Waals surface area contributed by atoms with Crippen molar-refractivity contribution in [3.63, 3.8) is 0 Å². The third-order valence-corrected chi connectivity index (χ3v) is 3.42. The molecule has 17 heavy (non-hydrogen) atoms. The molecular formula is C14H15BrN2. The summed E-state index contributed by atoms with van der Waals surface area (Å²) < 4.78 is 1.14. The smallest absolute Gasteiger partial charge is 0.0603 e. The molecule has 2 nitrogen and oxygen atoms in total. The van der Waals surface area contributed by atoms with Gasteiger partial charge in [-0.2, -0.15) is 0 Å². The second kappa shape index (κ2) is 5.32. The lowest BCUT2D eigenvalue weighted by Gasteiger charge is -2.10. The predicted molar refractivity (Wildman–Crippen MR) is 75.2 cm³/mol. The maximum atomic E-state index is 4.25. The number of aromatic nitrogens is 1. The molecular weight excluding hydrogens is 276 g/mol. The van der Waals surface area contributed by atoms with Crippen LogP contribution in [0.3, 0.4) is 0 Å². The number of benzene rings is 1. The zero-order valence-corrected chi connectivity index (χ0v) is 11.6. The van der Waals surface area contributed by atoms with Crippen molar-refractivity contribution in [3.05, 3.63) is 57.8 Å². The van der Waals surface area contributed by atoms with Crippen molar-refractivity contribution < 1.29 is 0 Å². The van der Waals surface area contributed by atoms with Gasteiger partial charge in [-0.3, -0.25) is 4.98 Å². The molecule has 0 amide bonds. The highest BCUT2D eigenvalue weighted by molar-refractivity contribution is 9.10. The normalized spacial score (nSPS) is 10.3. The number of anilines is 1. The Balaban J connectivity index is 2.10. The van der Waals surface area contributed by atoms with E-state index < -0.39 is 0 Å². The summed E-state index contributed by atoms with van der Waals surface area (Å²) in [7, 11) is 0. The third kappa shape index (κ3) is 3.07. The van der Waals surface area contributed by atoms with E-state index >= 15 is 0 Å². The first-order valence-corrected chi connectivity index (χ1v) is 6.36. The van der Waals surface area contributed by atoms with Crippen molar-refractivity contribution in [2.24, 2.45) is 0 Å². The first-order chi connectivity index (χ1) is 8.16. The van der Waals surface area contributed by atoms with Crippen molar-refractivity contribution in [3.8, 4) is 0 Å². The maximum Gasteiger partial charge on any atom is 0.0603 e. The van der Waals surface area contributed by atoms with Gasteiger partial charge in [0.2, 0.25) is 0 Å². The molecule has 1 heterocycles. The first kappa shape index (κ1) is 12.1. The van der Waals surface area contributed by atoms with Gasteiger partial charge in [-0.15, -0.1) is 0 Å². The Kier molecular flexibility index (Phi) is 3.79. The largest absolute Gasteiger partial charge is 0.379 e. The fourth-order valence-corrected chi connectivity index (χ4v) is 2.29. The van der Waals surface area contributed by atoms with Gasteiger partial charge in [0.15, 0.2) is 0 Å². The zero-order valence-electron chi connectivity index (χ0n) is 10.00. The Hall–Kier alpha value is -1.35. The van der Waals surface area contributed by atoms with Gasteiger partial charge in [0.1, 0.15) is 0 Å². The standard InChI is InChI=1S/C14H15BrN2/c1-10-5-6-12(13(15)8-10)9-17-14-4-3-7-16-11(14)2/h3-8,17H,9H2,1-2H3. The molecule has 0 spiro atoms. The fraction of sp³-hybridized carbons (Fsp3) is 0.214. The molecule has 0 aliphatic rings. The number of hydrogen-bond acceptors (Lipinski definition) is 2. The second-order valence-corrected chi connectivity index (χ2v) is 4.94. The highest BCUT2D eigenvalue weighted by atomic mass is 79.9. The molecule has 88 valence electrons. The SMILES string of the molecule is Cc1ccc(CNc2cccnc2C)c(Br)c1. The lowest BCUT2D eigenvalue weighted by molar-refractivity contribution is 1.10. The van der Waals surface area contributed by atoms with E-state index in [1.807, 2.05) is 25.3 Å². The molecule has 2 rings (SSSR count). The van der Waals surface area contributed by atoms with E-state index in [9.17, 15) is 0 Å². The molecule has 3 heteroatoms. The molecule has 0 fully saturated rings. The molecule has 1 aromatic heterocycles. The van der Waals surface area contributed by atoms with Gasteiger partial charge < -0.3 is 5.32 Å². The Morgan fingerprint density at radius 3 is 2.76 bits per heavy atom. The molecule has 1 aromatic carbocycles. The van der Waals surface area contributed by atoms with E-state index in [2.05, 4.69) is 51.4 Å². The Labute approximate surface area is 110 Å².